The standard InChI is InChI=1S/C27H28N6S/c1-16-11-23(24-3-2-10-34-24)32-22-12-18(6-9-20(16)22)21-14-33(19-7-4-17(13-28)5-8-19)27-25(21)26(29)30-15-31-27/h2-3,6,9-12,14-15,17,19H,4-5,7-8,13,28H2,1H3,(H2,29,30,31). The Morgan fingerprint density at radius 1 is 1.09 bits per heavy atom. The van der Waals surface area contributed by atoms with Crippen LogP contribution in [0.4, 0.5) is 5.82 Å². The van der Waals surface area contributed by atoms with E-state index < -0.39 is 0 Å². The quantitative estimate of drug-likeness (QED) is 0.339. The topological polar surface area (TPSA) is 95.6 Å². The van der Waals surface area contributed by atoms with E-state index in [-0.39, 0.29) is 0 Å². The molecule has 1 fully saturated rings. The summed E-state index contributed by atoms with van der Waals surface area (Å²) in [6.07, 6.45) is 8.32. The Morgan fingerprint density at radius 3 is 2.71 bits per heavy atom. The Labute approximate surface area is 202 Å². The van der Waals surface area contributed by atoms with Gasteiger partial charge in [-0.1, -0.05) is 18.2 Å². The molecule has 1 saturated carbocycles. The van der Waals surface area contributed by atoms with Crippen molar-refractivity contribution in [2.45, 2.75) is 38.6 Å². The van der Waals surface area contributed by atoms with Crippen molar-refractivity contribution in [2.24, 2.45) is 11.7 Å². The van der Waals surface area contributed by atoms with E-state index in [0.29, 0.717) is 17.8 Å². The van der Waals surface area contributed by atoms with Gasteiger partial charge in [-0.25, -0.2) is 15.0 Å². The minimum atomic E-state index is 0.402. The highest BCUT2D eigenvalue weighted by molar-refractivity contribution is 7.13. The second-order valence-corrected chi connectivity index (χ2v) is 10.3. The third-order valence-corrected chi connectivity index (χ3v) is 8.18. The molecule has 5 aromatic rings. The summed E-state index contributed by atoms with van der Waals surface area (Å²) in [5.41, 5.74) is 18.6. The van der Waals surface area contributed by atoms with E-state index in [0.717, 1.165) is 71.0 Å². The molecule has 4 aromatic heterocycles. The maximum absolute atomic E-state index is 6.41. The maximum atomic E-state index is 6.41. The number of nitrogens with zero attached hydrogens (tertiary/aromatic N) is 4. The molecular formula is C27H28N6S. The van der Waals surface area contributed by atoms with Crippen molar-refractivity contribution in [2.75, 3.05) is 12.3 Å². The molecule has 0 atom stereocenters. The SMILES string of the molecule is Cc1cc(-c2cccs2)nc2cc(-c3cn(C4CCC(CN)CC4)c4ncnc(N)c34)ccc12. The number of hydrogen-bond donors (Lipinski definition) is 2. The van der Waals surface area contributed by atoms with Crippen LogP contribution in [0.5, 0.6) is 0 Å². The molecule has 6 nitrogen and oxygen atoms in total. The van der Waals surface area contributed by atoms with Gasteiger partial charge in [-0.05, 0) is 79.8 Å². The van der Waals surface area contributed by atoms with Gasteiger partial charge in [-0.15, -0.1) is 11.3 Å². The predicted octanol–water partition coefficient (Wildman–Crippen LogP) is 5.96. The zero-order chi connectivity index (χ0) is 23.2. The Bertz CT molecular complexity index is 1480. The summed E-state index contributed by atoms with van der Waals surface area (Å²) < 4.78 is 2.32. The second kappa shape index (κ2) is 8.49. The highest BCUT2D eigenvalue weighted by atomic mass is 32.1. The zero-order valence-electron chi connectivity index (χ0n) is 19.2. The normalized spacial score (nSPS) is 18.6. The van der Waals surface area contributed by atoms with E-state index in [4.69, 9.17) is 16.5 Å². The van der Waals surface area contributed by atoms with E-state index in [9.17, 15) is 0 Å². The molecule has 1 aliphatic rings. The average molecular weight is 469 g/mol. The zero-order valence-corrected chi connectivity index (χ0v) is 20.1. The van der Waals surface area contributed by atoms with E-state index in [1.54, 1.807) is 17.7 Å². The van der Waals surface area contributed by atoms with Crippen LogP contribution in [0.2, 0.25) is 0 Å². The number of aryl methyl sites for hydroxylation is 1. The summed E-state index contributed by atoms with van der Waals surface area (Å²) in [5, 5.41) is 4.18. The van der Waals surface area contributed by atoms with Crippen LogP contribution in [0.3, 0.4) is 0 Å². The lowest BCUT2D eigenvalue weighted by molar-refractivity contribution is 0.283. The lowest BCUT2D eigenvalue weighted by atomic mass is 9.86. The minimum absolute atomic E-state index is 0.402. The van der Waals surface area contributed by atoms with Gasteiger partial charge in [0.25, 0.3) is 0 Å². The summed E-state index contributed by atoms with van der Waals surface area (Å²) >= 11 is 1.71. The van der Waals surface area contributed by atoms with Gasteiger partial charge in [0, 0.05) is 23.2 Å². The molecule has 4 N–H and O–H groups in total. The molecule has 0 radical (unpaired) electrons. The van der Waals surface area contributed by atoms with Gasteiger partial charge < -0.3 is 16.0 Å². The molecule has 6 rings (SSSR count). The van der Waals surface area contributed by atoms with Crippen LogP contribution in [0.1, 0.15) is 37.3 Å². The number of nitrogens with two attached hydrogens (primary N) is 2. The minimum Gasteiger partial charge on any atom is -0.383 e. The number of rotatable bonds is 4. The van der Waals surface area contributed by atoms with Crippen molar-refractivity contribution in [3.63, 3.8) is 0 Å². The van der Waals surface area contributed by atoms with E-state index >= 15 is 0 Å². The molecule has 4 heterocycles. The van der Waals surface area contributed by atoms with Crippen LogP contribution in [0.25, 0.3) is 43.6 Å². The van der Waals surface area contributed by atoms with Gasteiger partial charge in [0.15, 0.2) is 0 Å². The second-order valence-electron chi connectivity index (χ2n) is 9.35. The molecule has 1 aromatic carbocycles. The molecule has 0 spiro atoms. The first-order valence-electron chi connectivity index (χ1n) is 11.9. The lowest BCUT2D eigenvalue weighted by Gasteiger charge is -2.29. The Hall–Kier alpha value is -3.29. The monoisotopic (exact) mass is 468 g/mol. The molecule has 0 bridgehead atoms. The van der Waals surface area contributed by atoms with Gasteiger partial charge in [-0.3, -0.25) is 0 Å². The molecular weight excluding hydrogens is 440 g/mol. The van der Waals surface area contributed by atoms with Crippen LogP contribution in [-0.2, 0) is 0 Å². The Morgan fingerprint density at radius 2 is 1.94 bits per heavy atom. The van der Waals surface area contributed by atoms with Gasteiger partial charge in [0.2, 0.25) is 0 Å². The van der Waals surface area contributed by atoms with Crippen molar-refractivity contribution in [3.8, 4) is 21.7 Å². The highest BCUT2D eigenvalue weighted by Crippen LogP contribution is 2.40. The van der Waals surface area contributed by atoms with Crippen LogP contribution in [0.15, 0.2) is 54.3 Å². The van der Waals surface area contributed by atoms with Crippen molar-refractivity contribution in [1.29, 1.82) is 0 Å². The van der Waals surface area contributed by atoms with Gasteiger partial charge >= 0.3 is 0 Å². The lowest BCUT2D eigenvalue weighted by Crippen LogP contribution is -2.23. The van der Waals surface area contributed by atoms with Crippen LogP contribution < -0.4 is 11.5 Å². The highest BCUT2D eigenvalue weighted by Gasteiger charge is 2.25. The molecule has 0 aliphatic heterocycles. The first kappa shape index (κ1) is 21.3. The number of fused-ring (bicyclic) bond motifs is 2. The van der Waals surface area contributed by atoms with Gasteiger partial charge in [0.05, 0.1) is 21.5 Å². The van der Waals surface area contributed by atoms with E-state index in [1.807, 2.05) is 0 Å². The molecule has 0 saturated heterocycles. The van der Waals surface area contributed by atoms with Crippen LogP contribution in [0, 0.1) is 12.8 Å². The number of nitrogen functional groups attached to an aromatic ring is 1. The summed E-state index contributed by atoms with van der Waals surface area (Å²) in [4.78, 5) is 15.2. The number of thiophene rings is 1. The molecule has 0 unspecified atom stereocenters. The predicted molar refractivity (Wildman–Crippen MR) is 141 cm³/mol. The first-order valence-corrected chi connectivity index (χ1v) is 12.8. The summed E-state index contributed by atoms with van der Waals surface area (Å²) in [6.45, 7) is 2.92. The molecule has 0 amide bonds. The Balaban J connectivity index is 1.49. The van der Waals surface area contributed by atoms with E-state index in [2.05, 4.69) is 69.4 Å². The fourth-order valence-electron chi connectivity index (χ4n) is 5.38. The fourth-order valence-corrected chi connectivity index (χ4v) is 6.07. The first-order chi connectivity index (χ1) is 16.6. The van der Waals surface area contributed by atoms with E-state index in [1.165, 1.54) is 10.4 Å². The third-order valence-electron chi connectivity index (χ3n) is 7.28. The molecule has 7 heteroatoms. The van der Waals surface area contributed by atoms with Crippen LogP contribution in [-0.4, -0.2) is 26.1 Å². The Kier molecular flexibility index (Phi) is 5.31. The molecule has 172 valence electrons. The number of hydrogen-bond acceptors (Lipinski definition) is 6. The van der Waals surface area contributed by atoms with Gasteiger partial charge in [-0.2, -0.15) is 0 Å². The van der Waals surface area contributed by atoms with Crippen molar-refractivity contribution in [3.05, 3.63) is 59.9 Å². The number of benzene rings is 1. The van der Waals surface area contributed by atoms with Crippen LogP contribution >= 0.6 is 11.3 Å². The molecule has 34 heavy (non-hydrogen) atoms. The third kappa shape index (κ3) is 3.56. The number of aromatic nitrogens is 4. The van der Waals surface area contributed by atoms with Crippen molar-refractivity contribution < 1.29 is 0 Å². The summed E-state index contributed by atoms with van der Waals surface area (Å²) in [6, 6.07) is 13.3. The number of anilines is 1. The fraction of sp³-hybridized carbons (Fsp3) is 0.296. The van der Waals surface area contributed by atoms with Gasteiger partial charge in [0.1, 0.15) is 17.8 Å². The summed E-state index contributed by atoms with van der Waals surface area (Å²) in [5.74, 6) is 1.15. The smallest absolute Gasteiger partial charge is 0.146 e. The van der Waals surface area contributed by atoms with Crippen molar-refractivity contribution >= 4 is 39.1 Å². The number of pyridine rings is 1. The largest absolute Gasteiger partial charge is 0.383 e. The summed E-state index contributed by atoms with van der Waals surface area (Å²) in [7, 11) is 0. The van der Waals surface area contributed by atoms with Crippen molar-refractivity contribution in [1.82, 2.24) is 19.5 Å². The molecule has 1 aliphatic carbocycles. The maximum Gasteiger partial charge on any atom is 0.146 e. The average Bonchev–Trinajstić information content (AvgIpc) is 3.53.